The Morgan fingerprint density at radius 1 is 1.14 bits per heavy atom. The van der Waals surface area contributed by atoms with Crippen molar-refractivity contribution in [3.8, 4) is 0 Å². The normalized spacial score (nSPS) is 10.5. The molecule has 0 spiro atoms. The van der Waals surface area contributed by atoms with Crippen molar-refractivity contribution in [2.75, 3.05) is 12.3 Å². The highest BCUT2D eigenvalue weighted by molar-refractivity contribution is 5.52. The predicted octanol–water partition coefficient (Wildman–Crippen LogP) is 3.33. The summed E-state index contributed by atoms with van der Waals surface area (Å²) < 4.78 is 5.55. The van der Waals surface area contributed by atoms with Gasteiger partial charge in [0.05, 0.1) is 11.5 Å². The van der Waals surface area contributed by atoms with Gasteiger partial charge in [-0.2, -0.15) is 0 Å². The number of benzene rings is 2. The molecule has 0 aliphatic heterocycles. The van der Waals surface area contributed by atoms with Gasteiger partial charge in [-0.25, -0.2) is 0 Å². The summed E-state index contributed by atoms with van der Waals surface area (Å²) in [6.07, 6.45) is 1.85. The molecule has 0 fully saturated rings. The second kappa shape index (κ2) is 7.40. The average Bonchev–Trinajstić information content (AvgIpc) is 2.49. The van der Waals surface area contributed by atoms with Crippen LogP contribution in [-0.2, 0) is 17.8 Å². The van der Waals surface area contributed by atoms with Gasteiger partial charge in [0.2, 0.25) is 0 Å². The lowest BCUT2D eigenvalue weighted by Crippen LogP contribution is -2.01. The molecule has 2 aromatic carbocycles. The van der Waals surface area contributed by atoms with E-state index >= 15 is 0 Å². The highest BCUT2D eigenvalue weighted by atomic mass is 16.6. The van der Waals surface area contributed by atoms with E-state index in [0.717, 1.165) is 12.8 Å². The molecule has 0 aliphatic carbocycles. The standard InChI is InChI=1S/C16H18N2O3/c17-16-9-8-15(18(19)20)11-14(16)12-21-10-4-7-13-5-2-1-3-6-13/h1-3,5-6,8-9,11H,4,7,10,12,17H2. The second-order valence-electron chi connectivity index (χ2n) is 4.78. The first-order chi connectivity index (χ1) is 10.2. The van der Waals surface area contributed by atoms with Gasteiger partial charge >= 0.3 is 0 Å². The predicted molar refractivity (Wildman–Crippen MR) is 81.9 cm³/mol. The molecule has 0 aliphatic rings. The molecule has 5 heteroatoms. The first-order valence-corrected chi connectivity index (χ1v) is 6.81. The van der Waals surface area contributed by atoms with Crippen molar-refractivity contribution >= 4 is 11.4 Å². The van der Waals surface area contributed by atoms with Crippen LogP contribution in [0, 0.1) is 10.1 Å². The van der Waals surface area contributed by atoms with E-state index in [0.29, 0.717) is 24.5 Å². The number of nitrogen functional groups attached to an aromatic ring is 1. The molecule has 0 bridgehead atoms. The maximum absolute atomic E-state index is 10.7. The molecule has 0 saturated carbocycles. The van der Waals surface area contributed by atoms with E-state index in [2.05, 4.69) is 12.1 Å². The molecule has 0 unspecified atom stereocenters. The highest BCUT2D eigenvalue weighted by Crippen LogP contribution is 2.20. The summed E-state index contributed by atoms with van der Waals surface area (Å²) in [5.41, 5.74) is 8.27. The van der Waals surface area contributed by atoms with E-state index in [1.54, 1.807) is 6.07 Å². The number of hydrogen-bond acceptors (Lipinski definition) is 4. The minimum Gasteiger partial charge on any atom is -0.398 e. The van der Waals surface area contributed by atoms with Crippen LogP contribution in [0.1, 0.15) is 17.5 Å². The minimum absolute atomic E-state index is 0.0343. The summed E-state index contributed by atoms with van der Waals surface area (Å²) in [4.78, 5) is 10.3. The van der Waals surface area contributed by atoms with Crippen molar-refractivity contribution in [3.05, 3.63) is 69.8 Å². The van der Waals surface area contributed by atoms with Crippen molar-refractivity contribution in [2.24, 2.45) is 0 Å². The van der Waals surface area contributed by atoms with Crippen molar-refractivity contribution in [1.29, 1.82) is 0 Å². The maximum atomic E-state index is 10.7. The molecule has 0 atom stereocenters. The first kappa shape index (κ1) is 15.0. The van der Waals surface area contributed by atoms with Gasteiger partial charge in [-0.1, -0.05) is 30.3 Å². The summed E-state index contributed by atoms with van der Waals surface area (Å²) in [5.74, 6) is 0. The maximum Gasteiger partial charge on any atom is 0.269 e. The number of anilines is 1. The molecule has 2 N–H and O–H groups in total. The third-order valence-electron chi connectivity index (χ3n) is 3.19. The first-order valence-electron chi connectivity index (χ1n) is 6.81. The van der Waals surface area contributed by atoms with E-state index in [4.69, 9.17) is 10.5 Å². The molecule has 21 heavy (non-hydrogen) atoms. The van der Waals surface area contributed by atoms with Crippen LogP contribution < -0.4 is 5.73 Å². The number of rotatable bonds is 7. The van der Waals surface area contributed by atoms with Crippen molar-refractivity contribution < 1.29 is 9.66 Å². The summed E-state index contributed by atoms with van der Waals surface area (Å²) in [5, 5.41) is 10.7. The Hall–Kier alpha value is -2.40. The van der Waals surface area contributed by atoms with E-state index in [1.165, 1.54) is 17.7 Å². The van der Waals surface area contributed by atoms with Gasteiger partial charge in [0, 0.05) is 30.0 Å². The Labute approximate surface area is 123 Å². The molecule has 0 amide bonds. The van der Waals surface area contributed by atoms with Crippen LogP contribution in [-0.4, -0.2) is 11.5 Å². The fourth-order valence-corrected chi connectivity index (χ4v) is 2.04. The fraction of sp³-hybridized carbons (Fsp3) is 0.250. The Morgan fingerprint density at radius 3 is 2.62 bits per heavy atom. The topological polar surface area (TPSA) is 78.4 Å². The Bertz CT molecular complexity index is 600. The lowest BCUT2D eigenvalue weighted by Gasteiger charge is -2.07. The Balaban J connectivity index is 1.78. The molecule has 0 aromatic heterocycles. The molecule has 2 rings (SSSR count). The van der Waals surface area contributed by atoms with Crippen LogP contribution in [0.3, 0.4) is 0 Å². The second-order valence-corrected chi connectivity index (χ2v) is 4.78. The van der Waals surface area contributed by atoms with E-state index < -0.39 is 4.92 Å². The quantitative estimate of drug-likeness (QED) is 0.366. The molecule has 5 nitrogen and oxygen atoms in total. The number of nitrogens with two attached hydrogens (primary N) is 1. The fourth-order valence-electron chi connectivity index (χ4n) is 2.04. The van der Waals surface area contributed by atoms with Crippen molar-refractivity contribution in [1.82, 2.24) is 0 Å². The van der Waals surface area contributed by atoms with Gasteiger partial charge in [-0.15, -0.1) is 0 Å². The number of non-ortho nitro benzene ring substituents is 1. The highest BCUT2D eigenvalue weighted by Gasteiger charge is 2.09. The number of ether oxygens (including phenoxy) is 1. The zero-order valence-electron chi connectivity index (χ0n) is 11.7. The van der Waals surface area contributed by atoms with Crippen LogP contribution in [0.5, 0.6) is 0 Å². The Morgan fingerprint density at radius 2 is 1.90 bits per heavy atom. The largest absolute Gasteiger partial charge is 0.398 e. The van der Waals surface area contributed by atoms with Gasteiger partial charge in [-0.05, 0) is 24.5 Å². The summed E-state index contributed by atoms with van der Waals surface area (Å²) in [7, 11) is 0. The molecule has 2 aromatic rings. The Kier molecular flexibility index (Phi) is 5.29. The summed E-state index contributed by atoms with van der Waals surface area (Å²) in [6, 6.07) is 14.6. The van der Waals surface area contributed by atoms with Crippen LogP contribution in [0.2, 0.25) is 0 Å². The van der Waals surface area contributed by atoms with Crippen LogP contribution in [0.4, 0.5) is 11.4 Å². The number of aryl methyl sites for hydroxylation is 1. The van der Waals surface area contributed by atoms with Crippen LogP contribution in [0.15, 0.2) is 48.5 Å². The van der Waals surface area contributed by atoms with Crippen molar-refractivity contribution in [2.45, 2.75) is 19.4 Å². The monoisotopic (exact) mass is 286 g/mol. The third kappa shape index (κ3) is 4.57. The lowest BCUT2D eigenvalue weighted by atomic mass is 10.1. The SMILES string of the molecule is Nc1ccc([N+](=O)[O-])cc1COCCCc1ccccc1. The van der Waals surface area contributed by atoms with E-state index in [9.17, 15) is 10.1 Å². The van der Waals surface area contributed by atoms with Gasteiger partial charge in [0.25, 0.3) is 5.69 Å². The number of hydrogen-bond donors (Lipinski definition) is 1. The minimum atomic E-state index is -0.432. The van der Waals surface area contributed by atoms with Gasteiger partial charge < -0.3 is 10.5 Å². The number of nitrogens with zero attached hydrogens (tertiary/aromatic N) is 1. The summed E-state index contributed by atoms with van der Waals surface area (Å²) >= 11 is 0. The average molecular weight is 286 g/mol. The van der Waals surface area contributed by atoms with Gasteiger partial charge in [0.15, 0.2) is 0 Å². The molecule has 0 radical (unpaired) electrons. The lowest BCUT2D eigenvalue weighted by molar-refractivity contribution is -0.384. The van der Waals surface area contributed by atoms with Crippen molar-refractivity contribution in [3.63, 3.8) is 0 Å². The van der Waals surface area contributed by atoms with Crippen LogP contribution in [0.25, 0.3) is 0 Å². The zero-order chi connectivity index (χ0) is 15.1. The number of nitro benzene ring substituents is 1. The summed E-state index contributed by atoms with van der Waals surface area (Å²) in [6.45, 7) is 0.888. The van der Waals surface area contributed by atoms with E-state index in [1.807, 2.05) is 18.2 Å². The molecular formula is C16H18N2O3. The molecular weight excluding hydrogens is 268 g/mol. The smallest absolute Gasteiger partial charge is 0.269 e. The third-order valence-corrected chi connectivity index (χ3v) is 3.19. The molecule has 110 valence electrons. The molecule has 0 saturated heterocycles. The zero-order valence-corrected chi connectivity index (χ0v) is 11.7. The van der Waals surface area contributed by atoms with Gasteiger partial charge in [-0.3, -0.25) is 10.1 Å². The number of nitro groups is 1. The van der Waals surface area contributed by atoms with Gasteiger partial charge in [0.1, 0.15) is 0 Å². The molecule has 0 heterocycles. The van der Waals surface area contributed by atoms with Crippen LogP contribution >= 0.6 is 0 Å². The van der Waals surface area contributed by atoms with E-state index in [-0.39, 0.29) is 5.69 Å².